The Morgan fingerprint density at radius 1 is 0.778 bits per heavy atom. The second-order valence-corrected chi connectivity index (χ2v) is 6.40. The Hall–Kier alpha value is -3.24. The molecule has 1 aliphatic heterocycles. The molecule has 4 rings (SSSR count). The van der Waals surface area contributed by atoms with Gasteiger partial charge in [-0.25, -0.2) is 0 Å². The van der Waals surface area contributed by atoms with Crippen molar-refractivity contribution in [2.75, 3.05) is 7.11 Å². The van der Waals surface area contributed by atoms with Crippen LogP contribution in [0, 0.1) is 0 Å². The summed E-state index contributed by atoms with van der Waals surface area (Å²) in [6.07, 6.45) is -0.621. The second-order valence-electron chi connectivity index (χ2n) is 6.40. The highest BCUT2D eigenvalue weighted by molar-refractivity contribution is 6.25. The molecule has 0 aliphatic carbocycles. The van der Waals surface area contributed by atoms with Crippen LogP contribution in [0.3, 0.4) is 0 Å². The van der Waals surface area contributed by atoms with Crippen molar-refractivity contribution in [1.82, 2.24) is 0 Å². The Morgan fingerprint density at radius 3 is 1.70 bits per heavy atom. The summed E-state index contributed by atoms with van der Waals surface area (Å²) in [6, 6.07) is 24.8. The van der Waals surface area contributed by atoms with Crippen molar-refractivity contribution >= 4 is 11.6 Å². The van der Waals surface area contributed by atoms with Crippen LogP contribution < -0.4 is 4.74 Å². The van der Waals surface area contributed by atoms with E-state index in [-0.39, 0.29) is 11.6 Å². The van der Waals surface area contributed by atoms with E-state index in [0.717, 1.165) is 5.56 Å². The van der Waals surface area contributed by atoms with Crippen LogP contribution in [0.4, 0.5) is 0 Å². The number of methoxy groups -OCH3 is 1. The first kappa shape index (κ1) is 17.2. The van der Waals surface area contributed by atoms with E-state index in [0.29, 0.717) is 16.9 Å². The minimum Gasteiger partial charge on any atom is -0.497 e. The van der Waals surface area contributed by atoms with Gasteiger partial charge in [0.1, 0.15) is 11.9 Å². The summed E-state index contributed by atoms with van der Waals surface area (Å²) < 4.78 is 11.0. The quantitative estimate of drug-likeness (QED) is 0.375. The lowest BCUT2D eigenvalue weighted by molar-refractivity contribution is 0.0752. The molecule has 27 heavy (non-hydrogen) atoms. The molecule has 1 heterocycles. The third kappa shape index (κ3) is 2.94. The highest BCUT2D eigenvalue weighted by Crippen LogP contribution is 2.53. The summed E-state index contributed by atoms with van der Waals surface area (Å²) in [6.45, 7) is 0. The lowest BCUT2D eigenvalue weighted by atomic mass is 9.85. The van der Waals surface area contributed by atoms with E-state index in [1.54, 1.807) is 67.8 Å². The molecule has 4 heteroatoms. The molecule has 0 saturated carbocycles. The molecule has 1 aliphatic rings. The number of hydrogen-bond acceptors (Lipinski definition) is 4. The fourth-order valence-corrected chi connectivity index (χ4v) is 3.29. The number of ketones is 2. The first-order valence-corrected chi connectivity index (χ1v) is 8.68. The number of benzene rings is 3. The maximum atomic E-state index is 13.3. The molecular formula is C23H18O4. The molecule has 1 atom stereocenters. The highest BCUT2D eigenvalue weighted by Gasteiger charge is 2.68. The highest BCUT2D eigenvalue weighted by atomic mass is 16.6. The van der Waals surface area contributed by atoms with Crippen LogP contribution in [0.2, 0.25) is 0 Å². The topological polar surface area (TPSA) is 55.9 Å². The van der Waals surface area contributed by atoms with Gasteiger partial charge in [0.05, 0.1) is 7.11 Å². The van der Waals surface area contributed by atoms with Gasteiger partial charge in [-0.05, 0) is 17.7 Å². The van der Waals surface area contributed by atoms with Gasteiger partial charge in [0.2, 0.25) is 17.2 Å². The van der Waals surface area contributed by atoms with Gasteiger partial charge in [-0.3, -0.25) is 9.59 Å². The zero-order chi connectivity index (χ0) is 18.9. The fourth-order valence-electron chi connectivity index (χ4n) is 3.29. The fraction of sp³-hybridized carbons (Fsp3) is 0.130. The molecule has 0 N–H and O–H groups in total. The summed E-state index contributed by atoms with van der Waals surface area (Å²) in [4.78, 5) is 26.6. The average molecular weight is 358 g/mol. The van der Waals surface area contributed by atoms with Gasteiger partial charge in [-0.2, -0.15) is 0 Å². The third-order valence-electron chi connectivity index (χ3n) is 4.78. The third-order valence-corrected chi connectivity index (χ3v) is 4.78. The molecule has 4 nitrogen and oxygen atoms in total. The van der Waals surface area contributed by atoms with Crippen molar-refractivity contribution in [2.24, 2.45) is 0 Å². The standard InChI is InChI=1S/C23H18O4/c1-26-19-14-12-18(13-15-19)22-23(27-22,20(24)16-8-4-2-5-9-16)21(25)17-10-6-3-7-11-17/h2-15,22H,1H3/t22-/m1/s1. The molecule has 0 spiro atoms. The summed E-state index contributed by atoms with van der Waals surface area (Å²) in [5.74, 6) is 0.0596. The van der Waals surface area contributed by atoms with E-state index in [2.05, 4.69) is 0 Å². The molecule has 1 saturated heterocycles. The molecule has 1 fully saturated rings. The molecule has 0 aromatic heterocycles. The van der Waals surface area contributed by atoms with E-state index in [1.807, 2.05) is 24.3 Å². The Bertz CT molecular complexity index is 911. The molecule has 3 aromatic carbocycles. The van der Waals surface area contributed by atoms with Crippen molar-refractivity contribution in [2.45, 2.75) is 11.7 Å². The number of rotatable bonds is 6. The molecule has 0 radical (unpaired) electrons. The molecule has 134 valence electrons. The van der Waals surface area contributed by atoms with Crippen LogP contribution in [0.25, 0.3) is 0 Å². The van der Waals surface area contributed by atoms with Gasteiger partial charge in [-0.15, -0.1) is 0 Å². The van der Waals surface area contributed by atoms with Crippen LogP contribution in [-0.2, 0) is 4.74 Å². The molecule has 0 bridgehead atoms. The maximum Gasteiger partial charge on any atom is 0.224 e. The molecule has 3 aromatic rings. The largest absolute Gasteiger partial charge is 0.497 e. The smallest absolute Gasteiger partial charge is 0.224 e. The van der Waals surface area contributed by atoms with E-state index < -0.39 is 11.7 Å². The predicted octanol–water partition coefficient (Wildman–Crippen LogP) is 4.27. The van der Waals surface area contributed by atoms with E-state index in [9.17, 15) is 9.59 Å². The Kier molecular flexibility index (Phi) is 4.34. The number of Topliss-reactive ketones (excluding diaryl/α,β-unsaturated/α-hetero) is 2. The van der Waals surface area contributed by atoms with Gasteiger partial charge >= 0.3 is 0 Å². The monoisotopic (exact) mass is 358 g/mol. The van der Waals surface area contributed by atoms with E-state index in [1.165, 1.54) is 0 Å². The van der Waals surface area contributed by atoms with E-state index in [4.69, 9.17) is 9.47 Å². The SMILES string of the molecule is COc1ccc([C@H]2OC2(C(=O)c2ccccc2)C(=O)c2ccccc2)cc1. The zero-order valence-electron chi connectivity index (χ0n) is 14.8. The second kappa shape index (κ2) is 6.82. The van der Waals surface area contributed by atoms with Crippen LogP contribution >= 0.6 is 0 Å². The average Bonchev–Trinajstić information content (AvgIpc) is 3.51. The van der Waals surface area contributed by atoms with Crippen molar-refractivity contribution in [3.05, 3.63) is 102 Å². The maximum absolute atomic E-state index is 13.3. The molecule has 0 amide bonds. The first-order chi connectivity index (χ1) is 13.2. The van der Waals surface area contributed by atoms with Gasteiger partial charge in [-0.1, -0.05) is 72.8 Å². The number of epoxide rings is 1. The summed E-state index contributed by atoms with van der Waals surface area (Å²) >= 11 is 0. The first-order valence-electron chi connectivity index (χ1n) is 8.68. The summed E-state index contributed by atoms with van der Waals surface area (Å²) in [5.41, 5.74) is 0.150. The minimum absolute atomic E-state index is 0.322. The van der Waals surface area contributed by atoms with Gasteiger partial charge in [0.15, 0.2) is 0 Å². The number of ether oxygens (including phenoxy) is 2. The number of carbonyl (C=O) groups excluding carboxylic acids is 2. The Morgan fingerprint density at radius 2 is 1.26 bits per heavy atom. The van der Waals surface area contributed by atoms with Gasteiger partial charge in [0, 0.05) is 11.1 Å². The Labute approximate surface area is 157 Å². The van der Waals surface area contributed by atoms with Crippen molar-refractivity contribution in [1.29, 1.82) is 0 Å². The predicted molar refractivity (Wildman–Crippen MR) is 101 cm³/mol. The van der Waals surface area contributed by atoms with Crippen molar-refractivity contribution < 1.29 is 19.1 Å². The minimum atomic E-state index is -1.53. The van der Waals surface area contributed by atoms with Crippen molar-refractivity contribution in [3.63, 3.8) is 0 Å². The van der Waals surface area contributed by atoms with Gasteiger partial charge in [0.25, 0.3) is 0 Å². The molecule has 0 unspecified atom stereocenters. The number of carbonyl (C=O) groups is 2. The lowest BCUT2D eigenvalue weighted by Gasteiger charge is -2.12. The zero-order valence-corrected chi connectivity index (χ0v) is 14.8. The van der Waals surface area contributed by atoms with E-state index >= 15 is 0 Å². The summed E-state index contributed by atoms with van der Waals surface area (Å²) in [7, 11) is 1.59. The number of hydrogen-bond donors (Lipinski definition) is 0. The normalized spacial score (nSPS) is 17.1. The lowest BCUT2D eigenvalue weighted by Crippen LogP contribution is -2.35. The Balaban J connectivity index is 1.75. The molecular weight excluding hydrogens is 340 g/mol. The van der Waals surface area contributed by atoms with Crippen LogP contribution in [-0.4, -0.2) is 24.3 Å². The summed E-state index contributed by atoms with van der Waals surface area (Å²) in [5, 5.41) is 0. The van der Waals surface area contributed by atoms with Crippen LogP contribution in [0.15, 0.2) is 84.9 Å². The van der Waals surface area contributed by atoms with Crippen LogP contribution in [0.1, 0.15) is 32.4 Å². The van der Waals surface area contributed by atoms with Gasteiger partial charge < -0.3 is 9.47 Å². The van der Waals surface area contributed by atoms with Crippen LogP contribution in [0.5, 0.6) is 5.75 Å². The van der Waals surface area contributed by atoms with Crippen molar-refractivity contribution in [3.8, 4) is 5.75 Å².